The maximum atomic E-state index is 12.1. The van der Waals surface area contributed by atoms with Gasteiger partial charge in [0, 0.05) is 13.0 Å². The maximum Gasteiger partial charge on any atom is 0.255 e. The normalized spacial score (nSPS) is 10.6. The van der Waals surface area contributed by atoms with Crippen molar-refractivity contribution in [3.05, 3.63) is 60.0 Å². The number of methoxy groups -OCH3 is 1. The largest absolute Gasteiger partial charge is 0.496 e. The van der Waals surface area contributed by atoms with E-state index in [1.54, 1.807) is 25.3 Å². The zero-order valence-electron chi connectivity index (χ0n) is 12.2. The summed E-state index contributed by atoms with van der Waals surface area (Å²) in [5, 5.41) is 2.85. The third kappa shape index (κ3) is 2.93. The summed E-state index contributed by atoms with van der Waals surface area (Å²) in [5.74, 6) is 0.997. The number of aromatic nitrogens is 1. The lowest BCUT2D eigenvalue weighted by molar-refractivity contribution is 0.0950. The number of ether oxygens (including phenoxy) is 1. The molecule has 0 atom stereocenters. The second kappa shape index (κ2) is 6.30. The van der Waals surface area contributed by atoms with Crippen molar-refractivity contribution < 1.29 is 13.9 Å². The standard InChI is InChI=1S/C17H16N2O3/c1-21-14-8-4-2-6-12(14)17(20)18-11-10-16-19-13-7-3-5-9-15(13)22-16/h2-9H,10-11H2,1H3,(H,18,20). The van der Waals surface area contributed by atoms with Crippen LogP contribution in [0.5, 0.6) is 5.75 Å². The van der Waals surface area contributed by atoms with E-state index in [9.17, 15) is 4.79 Å². The molecule has 0 saturated carbocycles. The van der Waals surface area contributed by atoms with Crippen molar-refractivity contribution in [2.45, 2.75) is 6.42 Å². The summed E-state index contributed by atoms with van der Waals surface area (Å²) < 4.78 is 10.8. The number of amides is 1. The Morgan fingerprint density at radius 3 is 2.77 bits per heavy atom. The van der Waals surface area contributed by atoms with Gasteiger partial charge < -0.3 is 14.5 Å². The van der Waals surface area contributed by atoms with Crippen LogP contribution in [0.2, 0.25) is 0 Å². The first kappa shape index (κ1) is 14.1. The third-order valence-electron chi connectivity index (χ3n) is 3.31. The van der Waals surface area contributed by atoms with Crippen LogP contribution in [-0.2, 0) is 6.42 Å². The number of para-hydroxylation sites is 3. The summed E-state index contributed by atoms with van der Waals surface area (Å²) in [6, 6.07) is 14.7. The molecule has 5 heteroatoms. The minimum atomic E-state index is -0.173. The maximum absolute atomic E-state index is 12.1. The van der Waals surface area contributed by atoms with E-state index in [0.717, 1.165) is 11.1 Å². The van der Waals surface area contributed by atoms with Crippen molar-refractivity contribution in [3.8, 4) is 5.75 Å². The number of carbonyl (C=O) groups is 1. The molecule has 0 aliphatic rings. The lowest BCUT2D eigenvalue weighted by Gasteiger charge is -2.08. The van der Waals surface area contributed by atoms with E-state index in [1.807, 2.05) is 30.3 Å². The summed E-state index contributed by atoms with van der Waals surface area (Å²) in [6.45, 7) is 0.448. The van der Waals surface area contributed by atoms with Crippen LogP contribution in [-0.4, -0.2) is 24.5 Å². The lowest BCUT2D eigenvalue weighted by atomic mass is 10.2. The Labute approximate surface area is 127 Å². The van der Waals surface area contributed by atoms with Gasteiger partial charge in [0.25, 0.3) is 5.91 Å². The summed E-state index contributed by atoms with van der Waals surface area (Å²) in [4.78, 5) is 16.5. The molecule has 1 aromatic heterocycles. The van der Waals surface area contributed by atoms with Gasteiger partial charge in [-0.15, -0.1) is 0 Å². The zero-order chi connectivity index (χ0) is 15.4. The Hall–Kier alpha value is -2.82. The number of carbonyl (C=O) groups excluding carboxylic acids is 1. The minimum Gasteiger partial charge on any atom is -0.496 e. The molecule has 3 aromatic rings. The molecule has 0 bridgehead atoms. The fourth-order valence-corrected chi connectivity index (χ4v) is 2.24. The molecule has 22 heavy (non-hydrogen) atoms. The minimum absolute atomic E-state index is 0.173. The van der Waals surface area contributed by atoms with E-state index >= 15 is 0 Å². The number of benzene rings is 2. The predicted molar refractivity (Wildman–Crippen MR) is 83.0 cm³/mol. The van der Waals surface area contributed by atoms with Crippen molar-refractivity contribution in [3.63, 3.8) is 0 Å². The van der Waals surface area contributed by atoms with Gasteiger partial charge >= 0.3 is 0 Å². The van der Waals surface area contributed by atoms with Crippen molar-refractivity contribution in [1.29, 1.82) is 0 Å². The highest BCUT2D eigenvalue weighted by Gasteiger charge is 2.11. The molecule has 1 heterocycles. The van der Waals surface area contributed by atoms with E-state index in [4.69, 9.17) is 9.15 Å². The van der Waals surface area contributed by atoms with Gasteiger partial charge in [0.15, 0.2) is 11.5 Å². The van der Waals surface area contributed by atoms with Gasteiger partial charge in [0.2, 0.25) is 0 Å². The van der Waals surface area contributed by atoms with Crippen LogP contribution >= 0.6 is 0 Å². The first-order valence-electron chi connectivity index (χ1n) is 7.03. The SMILES string of the molecule is COc1ccccc1C(=O)NCCc1nc2ccccc2o1. The summed E-state index contributed by atoms with van der Waals surface area (Å²) in [7, 11) is 1.55. The molecule has 0 fully saturated rings. The summed E-state index contributed by atoms with van der Waals surface area (Å²) in [5.41, 5.74) is 2.10. The van der Waals surface area contributed by atoms with Crippen LogP contribution in [0.15, 0.2) is 52.9 Å². The second-order valence-corrected chi connectivity index (χ2v) is 4.78. The fourth-order valence-electron chi connectivity index (χ4n) is 2.24. The molecule has 0 aliphatic heterocycles. The molecule has 3 rings (SSSR count). The fraction of sp³-hybridized carbons (Fsp3) is 0.176. The van der Waals surface area contributed by atoms with Crippen molar-refractivity contribution in [1.82, 2.24) is 10.3 Å². The molecule has 1 N–H and O–H groups in total. The first-order valence-corrected chi connectivity index (χ1v) is 7.03. The highest BCUT2D eigenvalue weighted by Crippen LogP contribution is 2.17. The molecule has 0 unspecified atom stereocenters. The molecule has 0 saturated heterocycles. The van der Waals surface area contributed by atoms with E-state index in [1.165, 1.54) is 0 Å². The highest BCUT2D eigenvalue weighted by molar-refractivity contribution is 5.96. The first-order chi connectivity index (χ1) is 10.8. The van der Waals surface area contributed by atoms with Gasteiger partial charge in [-0.2, -0.15) is 0 Å². The summed E-state index contributed by atoms with van der Waals surface area (Å²) in [6.07, 6.45) is 0.537. The number of nitrogens with zero attached hydrogens (tertiary/aromatic N) is 1. The van der Waals surface area contributed by atoms with E-state index < -0.39 is 0 Å². The molecular formula is C17H16N2O3. The Bertz CT molecular complexity index is 762. The molecule has 112 valence electrons. The quantitative estimate of drug-likeness (QED) is 0.786. The topological polar surface area (TPSA) is 64.4 Å². The van der Waals surface area contributed by atoms with Crippen LogP contribution in [0.1, 0.15) is 16.2 Å². The second-order valence-electron chi connectivity index (χ2n) is 4.78. The molecule has 1 amide bonds. The van der Waals surface area contributed by atoms with Crippen LogP contribution in [0, 0.1) is 0 Å². The van der Waals surface area contributed by atoms with Gasteiger partial charge in [-0.3, -0.25) is 4.79 Å². The Morgan fingerprint density at radius 1 is 1.18 bits per heavy atom. The molecule has 0 aliphatic carbocycles. The average molecular weight is 296 g/mol. The van der Waals surface area contributed by atoms with E-state index in [-0.39, 0.29) is 5.91 Å². The van der Waals surface area contributed by atoms with Gasteiger partial charge in [0.05, 0.1) is 12.7 Å². The van der Waals surface area contributed by atoms with Crippen LogP contribution in [0.25, 0.3) is 11.1 Å². The zero-order valence-corrected chi connectivity index (χ0v) is 12.2. The van der Waals surface area contributed by atoms with Gasteiger partial charge in [-0.05, 0) is 24.3 Å². The Balaban J connectivity index is 1.61. The van der Waals surface area contributed by atoms with Gasteiger partial charge in [0.1, 0.15) is 11.3 Å². The average Bonchev–Trinajstić information content (AvgIpc) is 2.97. The van der Waals surface area contributed by atoms with Crippen LogP contribution in [0.4, 0.5) is 0 Å². The monoisotopic (exact) mass is 296 g/mol. The van der Waals surface area contributed by atoms with E-state index in [0.29, 0.717) is 30.2 Å². The number of hydrogen-bond donors (Lipinski definition) is 1. The lowest BCUT2D eigenvalue weighted by Crippen LogP contribution is -2.26. The third-order valence-corrected chi connectivity index (χ3v) is 3.31. The van der Waals surface area contributed by atoms with Crippen molar-refractivity contribution in [2.75, 3.05) is 13.7 Å². The van der Waals surface area contributed by atoms with E-state index in [2.05, 4.69) is 10.3 Å². The number of rotatable bonds is 5. The van der Waals surface area contributed by atoms with Crippen molar-refractivity contribution >= 4 is 17.0 Å². The number of hydrogen-bond acceptors (Lipinski definition) is 4. The van der Waals surface area contributed by atoms with Gasteiger partial charge in [-0.25, -0.2) is 4.98 Å². The molecule has 0 spiro atoms. The number of fused-ring (bicyclic) bond motifs is 1. The predicted octanol–water partition coefficient (Wildman–Crippen LogP) is 2.81. The van der Waals surface area contributed by atoms with Crippen LogP contribution in [0.3, 0.4) is 0 Å². The molecule has 0 radical (unpaired) electrons. The smallest absolute Gasteiger partial charge is 0.255 e. The number of nitrogens with one attached hydrogen (secondary N) is 1. The summed E-state index contributed by atoms with van der Waals surface area (Å²) >= 11 is 0. The van der Waals surface area contributed by atoms with Crippen molar-refractivity contribution in [2.24, 2.45) is 0 Å². The highest BCUT2D eigenvalue weighted by atomic mass is 16.5. The Morgan fingerprint density at radius 2 is 1.95 bits per heavy atom. The van der Waals surface area contributed by atoms with Crippen LogP contribution < -0.4 is 10.1 Å². The molecular weight excluding hydrogens is 280 g/mol. The molecule has 2 aromatic carbocycles. The Kier molecular flexibility index (Phi) is 4.05. The molecule has 5 nitrogen and oxygen atoms in total. The van der Waals surface area contributed by atoms with Gasteiger partial charge in [-0.1, -0.05) is 24.3 Å². The number of oxazole rings is 1.